The van der Waals surface area contributed by atoms with E-state index in [4.69, 9.17) is 11.6 Å². The Morgan fingerprint density at radius 1 is 1.17 bits per heavy atom. The third-order valence-electron chi connectivity index (χ3n) is 4.87. The van der Waals surface area contributed by atoms with Crippen molar-refractivity contribution in [3.63, 3.8) is 0 Å². The smallest absolute Gasteiger partial charge is 0.241 e. The molecule has 24 heavy (non-hydrogen) atoms. The summed E-state index contributed by atoms with van der Waals surface area (Å²) in [6, 6.07) is 3.97. The number of fused-ring (bicyclic) bond motifs is 1. The molecule has 1 aromatic carbocycles. The molecular weight excluding hydrogens is 326 g/mol. The molecule has 2 amide bonds. The first-order valence-corrected chi connectivity index (χ1v) is 9.01. The number of hydrogen-bond acceptors (Lipinski definition) is 3. The second kappa shape index (κ2) is 7.43. The highest BCUT2D eigenvalue weighted by Gasteiger charge is 2.23. The van der Waals surface area contributed by atoms with Crippen LogP contribution in [0.2, 0.25) is 5.02 Å². The summed E-state index contributed by atoms with van der Waals surface area (Å²) in [6.45, 7) is 4.81. The van der Waals surface area contributed by atoms with E-state index in [0.29, 0.717) is 0 Å². The van der Waals surface area contributed by atoms with E-state index in [-0.39, 0.29) is 24.9 Å². The molecule has 130 valence electrons. The minimum Gasteiger partial charge on any atom is -0.362 e. The van der Waals surface area contributed by atoms with Crippen LogP contribution in [0.25, 0.3) is 0 Å². The number of nitrogens with zero attached hydrogens (tertiary/aromatic N) is 2. The highest BCUT2D eigenvalue weighted by molar-refractivity contribution is 6.31. The van der Waals surface area contributed by atoms with Gasteiger partial charge in [0.25, 0.3) is 0 Å². The molecule has 5 nitrogen and oxygen atoms in total. The van der Waals surface area contributed by atoms with Gasteiger partial charge in [0.05, 0.1) is 13.1 Å². The number of carbonyl (C=O) groups excluding carboxylic acids is 2. The highest BCUT2D eigenvalue weighted by Crippen LogP contribution is 2.34. The number of hydrogen-bond donors (Lipinski definition) is 1. The number of benzene rings is 1. The summed E-state index contributed by atoms with van der Waals surface area (Å²) in [4.78, 5) is 28.2. The molecule has 0 bridgehead atoms. The third kappa shape index (κ3) is 3.66. The number of anilines is 1. The maximum atomic E-state index is 12.3. The standard InChI is InChI=1S/C18H24ClN3O2/c1-13-15(19)7-6-14-5-4-10-22(18(13)14)12-16(23)20-11-17(24)21-8-2-3-9-21/h6-7H,2-5,8-12H2,1H3,(H,20,23). The van der Waals surface area contributed by atoms with Gasteiger partial charge in [-0.15, -0.1) is 0 Å². The van der Waals surface area contributed by atoms with Crippen LogP contribution >= 0.6 is 11.6 Å². The molecule has 6 heteroatoms. The average Bonchev–Trinajstić information content (AvgIpc) is 3.11. The van der Waals surface area contributed by atoms with Crippen LogP contribution in [-0.2, 0) is 16.0 Å². The van der Waals surface area contributed by atoms with E-state index < -0.39 is 0 Å². The van der Waals surface area contributed by atoms with E-state index in [1.807, 2.05) is 24.0 Å². The van der Waals surface area contributed by atoms with Gasteiger partial charge in [-0.25, -0.2) is 0 Å². The third-order valence-corrected chi connectivity index (χ3v) is 5.28. The van der Waals surface area contributed by atoms with Crippen LogP contribution in [-0.4, -0.2) is 49.4 Å². The number of carbonyl (C=O) groups is 2. The van der Waals surface area contributed by atoms with Gasteiger partial charge in [0.1, 0.15) is 0 Å². The van der Waals surface area contributed by atoms with Crippen LogP contribution in [0.4, 0.5) is 5.69 Å². The van der Waals surface area contributed by atoms with E-state index >= 15 is 0 Å². The predicted octanol–water partition coefficient (Wildman–Crippen LogP) is 2.14. The summed E-state index contributed by atoms with van der Waals surface area (Å²) in [7, 11) is 0. The van der Waals surface area contributed by atoms with Crippen molar-refractivity contribution in [1.29, 1.82) is 0 Å². The first-order chi connectivity index (χ1) is 11.6. The van der Waals surface area contributed by atoms with Crippen LogP contribution in [0.1, 0.15) is 30.4 Å². The largest absolute Gasteiger partial charge is 0.362 e. The van der Waals surface area contributed by atoms with E-state index in [1.165, 1.54) is 5.56 Å². The zero-order valence-corrected chi connectivity index (χ0v) is 14.9. The van der Waals surface area contributed by atoms with E-state index in [0.717, 1.165) is 61.6 Å². The van der Waals surface area contributed by atoms with Crippen LogP contribution in [0.5, 0.6) is 0 Å². The second-order valence-electron chi connectivity index (χ2n) is 6.57. The van der Waals surface area contributed by atoms with Crippen LogP contribution in [0.15, 0.2) is 12.1 Å². The summed E-state index contributed by atoms with van der Waals surface area (Å²) in [6.07, 6.45) is 4.15. The first kappa shape index (κ1) is 17.1. The van der Waals surface area contributed by atoms with Crippen molar-refractivity contribution in [3.8, 4) is 0 Å². The lowest BCUT2D eigenvalue weighted by molar-refractivity contribution is -0.131. The highest BCUT2D eigenvalue weighted by atomic mass is 35.5. The monoisotopic (exact) mass is 349 g/mol. The van der Waals surface area contributed by atoms with Crippen molar-refractivity contribution < 1.29 is 9.59 Å². The Kier molecular flexibility index (Phi) is 5.29. The number of halogens is 1. The fourth-order valence-corrected chi connectivity index (χ4v) is 3.74. The minimum absolute atomic E-state index is 0.0131. The molecule has 0 radical (unpaired) electrons. The molecule has 0 aromatic heterocycles. The molecule has 2 aliphatic rings. The Hall–Kier alpha value is -1.75. The normalized spacial score (nSPS) is 16.9. The molecule has 0 unspecified atom stereocenters. The molecule has 0 saturated carbocycles. The van der Waals surface area contributed by atoms with Gasteiger partial charge in [-0.2, -0.15) is 0 Å². The van der Waals surface area contributed by atoms with Crippen molar-refractivity contribution in [2.75, 3.05) is 37.6 Å². The lowest BCUT2D eigenvalue weighted by Gasteiger charge is -2.32. The number of amides is 2. The van der Waals surface area contributed by atoms with Crippen LogP contribution in [0.3, 0.4) is 0 Å². The lowest BCUT2D eigenvalue weighted by atomic mass is 9.98. The zero-order valence-electron chi connectivity index (χ0n) is 14.1. The van der Waals surface area contributed by atoms with E-state index in [1.54, 1.807) is 0 Å². The van der Waals surface area contributed by atoms with Crippen LogP contribution in [0, 0.1) is 6.92 Å². The molecule has 2 aliphatic heterocycles. The Bertz CT molecular complexity index is 641. The maximum Gasteiger partial charge on any atom is 0.241 e. The zero-order chi connectivity index (χ0) is 17.1. The molecule has 1 aromatic rings. The predicted molar refractivity (Wildman–Crippen MR) is 95.5 cm³/mol. The van der Waals surface area contributed by atoms with E-state index in [2.05, 4.69) is 10.2 Å². The number of rotatable bonds is 4. The van der Waals surface area contributed by atoms with Gasteiger partial charge in [0.15, 0.2) is 0 Å². The van der Waals surface area contributed by atoms with Crippen molar-refractivity contribution >= 4 is 29.1 Å². The molecule has 0 spiro atoms. The first-order valence-electron chi connectivity index (χ1n) is 8.63. The molecule has 1 saturated heterocycles. The number of likely N-dealkylation sites (tertiary alicyclic amines) is 1. The molecular formula is C18H24ClN3O2. The SMILES string of the molecule is Cc1c(Cl)ccc2c1N(CC(=O)NCC(=O)N1CCCC1)CCC2. The Balaban J connectivity index is 1.59. The maximum absolute atomic E-state index is 12.3. The topological polar surface area (TPSA) is 52.7 Å². The van der Waals surface area contributed by atoms with Crippen molar-refractivity contribution in [2.24, 2.45) is 0 Å². The van der Waals surface area contributed by atoms with Gasteiger partial charge in [0.2, 0.25) is 11.8 Å². The average molecular weight is 350 g/mol. The summed E-state index contributed by atoms with van der Waals surface area (Å²) >= 11 is 6.25. The molecule has 1 N–H and O–H groups in total. The molecule has 1 fully saturated rings. The summed E-state index contributed by atoms with van der Waals surface area (Å²) < 4.78 is 0. The fourth-order valence-electron chi connectivity index (χ4n) is 3.59. The Labute approximate surface area is 147 Å². The molecule has 0 aliphatic carbocycles. The van der Waals surface area contributed by atoms with E-state index in [9.17, 15) is 9.59 Å². The van der Waals surface area contributed by atoms with Gasteiger partial charge in [0, 0.05) is 30.3 Å². The number of aryl methyl sites for hydroxylation is 1. The minimum atomic E-state index is -0.116. The van der Waals surface area contributed by atoms with Crippen molar-refractivity contribution in [3.05, 3.63) is 28.3 Å². The Morgan fingerprint density at radius 2 is 1.92 bits per heavy atom. The summed E-state index contributed by atoms with van der Waals surface area (Å²) in [5, 5.41) is 3.49. The van der Waals surface area contributed by atoms with Crippen LogP contribution < -0.4 is 10.2 Å². The second-order valence-corrected chi connectivity index (χ2v) is 6.98. The number of nitrogens with one attached hydrogen (secondary N) is 1. The summed E-state index contributed by atoms with van der Waals surface area (Å²) in [5.74, 6) is -0.103. The fraction of sp³-hybridized carbons (Fsp3) is 0.556. The van der Waals surface area contributed by atoms with Gasteiger partial charge < -0.3 is 15.1 Å². The summed E-state index contributed by atoms with van der Waals surface area (Å²) in [5.41, 5.74) is 3.34. The van der Waals surface area contributed by atoms with Gasteiger partial charge >= 0.3 is 0 Å². The Morgan fingerprint density at radius 3 is 2.67 bits per heavy atom. The lowest BCUT2D eigenvalue weighted by Crippen LogP contribution is -2.44. The molecule has 2 heterocycles. The van der Waals surface area contributed by atoms with Gasteiger partial charge in [-0.3, -0.25) is 9.59 Å². The molecule has 3 rings (SSSR count). The van der Waals surface area contributed by atoms with Crippen molar-refractivity contribution in [1.82, 2.24) is 10.2 Å². The molecule has 0 atom stereocenters. The van der Waals surface area contributed by atoms with Crippen molar-refractivity contribution in [2.45, 2.75) is 32.6 Å². The quantitative estimate of drug-likeness (QED) is 0.906. The van der Waals surface area contributed by atoms with Gasteiger partial charge in [-0.1, -0.05) is 17.7 Å². The van der Waals surface area contributed by atoms with Gasteiger partial charge in [-0.05, 0) is 49.8 Å².